The Morgan fingerprint density at radius 2 is 1.91 bits per heavy atom. The lowest BCUT2D eigenvalue weighted by Gasteiger charge is -2.12. The number of halogens is 1. The molecule has 0 bridgehead atoms. The second-order valence-electron chi connectivity index (χ2n) is 4.65. The number of carbonyl (C=O) groups excluding carboxylic acids is 2. The van der Waals surface area contributed by atoms with E-state index in [0.29, 0.717) is 10.6 Å². The Balaban J connectivity index is 1.80. The van der Waals surface area contributed by atoms with Gasteiger partial charge in [-0.25, -0.2) is 0 Å². The van der Waals surface area contributed by atoms with Gasteiger partial charge in [0.05, 0.1) is 17.1 Å². The van der Waals surface area contributed by atoms with Crippen molar-refractivity contribution in [3.63, 3.8) is 0 Å². The molecule has 0 radical (unpaired) electrons. The number of benzene rings is 1. The van der Waals surface area contributed by atoms with E-state index in [9.17, 15) is 9.59 Å². The number of imide groups is 1. The van der Waals surface area contributed by atoms with E-state index in [1.54, 1.807) is 24.4 Å². The van der Waals surface area contributed by atoms with Gasteiger partial charge < -0.3 is 0 Å². The Bertz CT molecular complexity index is 745. The summed E-state index contributed by atoms with van der Waals surface area (Å²) in [5.74, 6) is -0.274. The van der Waals surface area contributed by atoms with Crippen LogP contribution in [0.25, 0.3) is 6.08 Å². The molecule has 0 spiro atoms. The number of carbonyl (C=O) groups is 2. The van der Waals surface area contributed by atoms with Crippen LogP contribution in [0.2, 0.25) is 0 Å². The zero-order valence-corrected chi connectivity index (χ0v) is 13.8. The summed E-state index contributed by atoms with van der Waals surface area (Å²) in [6.45, 7) is 0.275. The van der Waals surface area contributed by atoms with Crippen molar-refractivity contribution in [2.45, 2.75) is 6.54 Å². The van der Waals surface area contributed by atoms with Crippen LogP contribution in [-0.4, -0.2) is 21.0 Å². The van der Waals surface area contributed by atoms with Crippen molar-refractivity contribution < 1.29 is 9.59 Å². The standard InChI is InChI=1S/C16H11BrN2O2S/c17-12-6-4-11(5-7-12)10-19-15(20)14(22-16(19)21)9-13-3-1-2-8-18-13/h1-9H,10H2/b14-9+. The summed E-state index contributed by atoms with van der Waals surface area (Å²) < 4.78 is 0.959. The lowest BCUT2D eigenvalue weighted by Crippen LogP contribution is -2.27. The first-order valence-corrected chi connectivity index (χ1v) is 8.15. The number of rotatable bonds is 3. The van der Waals surface area contributed by atoms with E-state index in [-0.39, 0.29) is 17.7 Å². The average Bonchev–Trinajstić information content (AvgIpc) is 2.78. The fraction of sp³-hybridized carbons (Fsp3) is 0.0625. The van der Waals surface area contributed by atoms with Crippen molar-refractivity contribution >= 4 is 44.9 Å². The van der Waals surface area contributed by atoms with E-state index in [0.717, 1.165) is 21.8 Å². The van der Waals surface area contributed by atoms with Crippen LogP contribution in [0.3, 0.4) is 0 Å². The molecule has 2 heterocycles. The molecule has 0 unspecified atom stereocenters. The molecule has 1 aliphatic rings. The number of hydrogen-bond donors (Lipinski definition) is 0. The average molecular weight is 375 g/mol. The SMILES string of the molecule is O=C1S/C(=C/c2ccccn2)C(=O)N1Cc1ccc(Br)cc1. The molecular weight excluding hydrogens is 364 g/mol. The zero-order chi connectivity index (χ0) is 15.5. The highest BCUT2D eigenvalue weighted by Crippen LogP contribution is 2.33. The Morgan fingerprint density at radius 3 is 2.59 bits per heavy atom. The monoisotopic (exact) mass is 374 g/mol. The first-order chi connectivity index (χ1) is 10.6. The molecule has 1 fully saturated rings. The van der Waals surface area contributed by atoms with Crippen LogP contribution in [-0.2, 0) is 11.3 Å². The summed E-state index contributed by atoms with van der Waals surface area (Å²) in [6, 6.07) is 13.0. The summed E-state index contributed by atoms with van der Waals surface area (Å²) in [4.78, 5) is 30.2. The number of nitrogens with zero attached hydrogens (tertiary/aromatic N) is 2. The Labute approximate surface area is 140 Å². The number of thioether (sulfide) groups is 1. The first-order valence-electron chi connectivity index (χ1n) is 6.54. The maximum absolute atomic E-state index is 12.4. The van der Waals surface area contributed by atoms with Gasteiger partial charge in [0.1, 0.15) is 0 Å². The van der Waals surface area contributed by atoms with Crippen molar-refractivity contribution in [1.82, 2.24) is 9.88 Å². The lowest BCUT2D eigenvalue weighted by atomic mass is 10.2. The molecule has 2 amide bonds. The topological polar surface area (TPSA) is 50.3 Å². The van der Waals surface area contributed by atoms with Gasteiger partial charge in [-0.05, 0) is 47.7 Å². The van der Waals surface area contributed by atoms with Crippen molar-refractivity contribution in [2.75, 3.05) is 0 Å². The first kappa shape index (κ1) is 15.0. The molecule has 0 N–H and O–H groups in total. The molecule has 6 heteroatoms. The third kappa shape index (κ3) is 3.28. The maximum Gasteiger partial charge on any atom is 0.293 e. The summed E-state index contributed by atoms with van der Waals surface area (Å²) in [5, 5.41) is -0.255. The van der Waals surface area contributed by atoms with Gasteiger partial charge in [0.15, 0.2) is 0 Å². The van der Waals surface area contributed by atoms with Crippen LogP contribution in [0, 0.1) is 0 Å². The van der Waals surface area contributed by atoms with Crippen molar-refractivity contribution in [2.24, 2.45) is 0 Å². The minimum Gasteiger partial charge on any atom is -0.268 e. The van der Waals surface area contributed by atoms with E-state index in [1.807, 2.05) is 30.3 Å². The molecule has 110 valence electrons. The minimum absolute atomic E-state index is 0.255. The van der Waals surface area contributed by atoms with Gasteiger partial charge in [0, 0.05) is 10.7 Å². The van der Waals surface area contributed by atoms with Crippen LogP contribution in [0.4, 0.5) is 4.79 Å². The second kappa shape index (κ2) is 6.46. The van der Waals surface area contributed by atoms with E-state index in [4.69, 9.17) is 0 Å². The van der Waals surface area contributed by atoms with Crippen LogP contribution in [0.15, 0.2) is 58.0 Å². The predicted molar refractivity (Wildman–Crippen MR) is 89.9 cm³/mol. The molecule has 1 aromatic carbocycles. The molecule has 0 saturated carbocycles. The van der Waals surface area contributed by atoms with Crippen molar-refractivity contribution in [3.8, 4) is 0 Å². The predicted octanol–water partition coefficient (Wildman–Crippen LogP) is 4.08. The highest BCUT2D eigenvalue weighted by molar-refractivity contribution is 9.10. The van der Waals surface area contributed by atoms with Gasteiger partial charge >= 0.3 is 0 Å². The fourth-order valence-electron chi connectivity index (χ4n) is 2.00. The Kier molecular flexibility index (Phi) is 4.40. The smallest absolute Gasteiger partial charge is 0.268 e. The Hall–Kier alpha value is -1.92. The highest BCUT2D eigenvalue weighted by atomic mass is 79.9. The van der Waals surface area contributed by atoms with Crippen LogP contribution in [0.5, 0.6) is 0 Å². The van der Waals surface area contributed by atoms with E-state index >= 15 is 0 Å². The molecule has 1 aliphatic heterocycles. The maximum atomic E-state index is 12.4. The minimum atomic E-state index is -0.274. The summed E-state index contributed by atoms with van der Waals surface area (Å²) >= 11 is 4.31. The van der Waals surface area contributed by atoms with Crippen LogP contribution in [0.1, 0.15) is 11.3 Å². The van der Waals surface area contributed by atoms with E-state index in [1.165, 1.54) is 4.90 Å². The normalized spacial score (nSPS) is 16.6. The number of hydrogen-bond acceptors (Lipinski definition) is 4. The van der Waals surface area contributed by atoms with E-state index in [2.05, 4.69) is 20.9 Å². The van der Waals surface area contributed by atoms with Gasteiger partial charge in [-0.3, -0.25) is 19.5 Å². The largest absolute Gasteiger partial charge is 0.293 e. The quantitative estimate of drug-likeness (QED) is 0.759. The van der Waals surface area contributed by atoms with Gasteiger partial charge in [0.2, 0.25) is 0 Å². The van der Waals surface area contributed by atoms with Gasteiger partial charge in [-0.1, -0.05) is 34.1 Å². The number of pyridine rings is 1. The summed E-state index contributed by atoms with van der Waals surface area (Å²) in [7, 11) is 0. The molecular formula is C16H11BrN2O2S. The molecule has 3 rings (SSSR count). The van der Waals surface area contributed by atoms with Crippen LogP contribution < -0.4 is 0 Å². The summed E-state index contributed by atoms with van der Waals surface area (Å²) in [6.07, 6.45) is 3.30. The van der Waals surface area contributed by atoms with Gasteiger partial charge in [-0.2, -0.15) is 0 Å². The molecule has 1 saturated heterocycles. The van der Waals surface area contributed by atoms with Gasteiger partial charge in [0.25, 0.3) is 11.1 Å². The second-order valence-corrected chi connectivity index (χ2v) is 6.56. The third-order valence-corrected chi connectivity index (χ3v) is 4.53. The van der Waals surface area contributed by atoms with Gasteiger partial charge in [-0.15, -0.1) is 0 Å². The highest BCUT2D eigenvalue weighted by Gasteiger charge is 2.35. The lowest BCUT2D eigenvalue weighted by molar-refractivity contribution is -0.123. The number of amides is 2. The molecule has 1 aromatic heterocycles. The zero-order valence-electron chi connectivity index (χ0n) is 11.4. The fourth-order valence-corrected chi connectivity index (χ4v) is 3.09. The van der Waals surface area contributed by atoms with Crippen molar-refractivity contribution in [3.05, 3.63) is 69.3 Å². The number of aromatic nitrogens is 1. The van der Waals surface area contributed by atoms with E-state index < -0.39 is 0 Å². The molecule has 22 heavy (non-hydrogen) atoms. The Morgan fingerprint density at radius 1 is 1.14 bits per heavy atom. The molecule has 0 atom stereocenters. The van der Waals surface area contributed by atoms with Crippen LogP contribution >= 0.6 is 27.7 Å². The van der Waals surface area contributed by atoms with Crippen molar-refractivity contribution in [1.29, 1.82) is 0 Å². The molecule has 0 aliphatic carbocycles. The third-order valence-electron chi connectivity index (χ3n) is 3.09. The molecule has 4 nitrogen and oxygen atoms in total. The summed E-state index contributed by atoms with van der Waals surface area (Å²) in [5.41, 5.74) is 1.57. The molecule has 2 aromatic rings.